The molecule has 29 heavy (non-hydrogen) atoms. The third-order valence-corrected chi connectivity index (χ3v) is 5.29. The molecule has 1 aliphatic carbocycles. The Labute approximate surface area is 172 Å². The molecule has 0 saturated heterocycles. The van der Waals surface area contributed by atoms with Crippen molar-refractivity contribution in [2.75, 3.05) is 0 Å². The van der Waals surface area contributed by atoms with Crippen LogP contribution in [0.25, 0.3) is 0 Å². The van der Waals surface area contributed by atoms with Crippen molar-refractivity contribution in [1.29, 1.82) is 5.26 Å². The molecule has 1 amide bonds. The van der Waals surface area contributed by atoms with Crippen molar-refractivity contribution in [3.05, 3.63) is 81.7 Å². The van der Waals surface area contributed by atoms with Crippen molar-refractivity contribution in [1.82, 2.24) is 10.4 Å². The molecule has 0 spiro atoms. The van der Waals surface area contributed by atoms with Crippen LogP contribution < -0.4 is 11.2 Å². The number of benzene rings is 1. The van der Waals surface area contributed by atoms with E-state index in [9.17, 15) is 14.9 Å². The quantitative estimate of drug-likeness (QED) is 0.805. The van der Waals surface area contributed by atoms with Gasteiger partial charge in [0.15, 0.2) is 11.5 Å². The Bertz CT molecular complexity index is 1100. The van der Waals surface area contributed by atoms with Crippen molar-refractivity contribution in [2.45, 2.75) is 25.2 Å². The number of Topliss-reactive ketones (excluding diaryl/α,β-unsaturated/α-hetero) is 1. The lowest BCUT2D eigenvalue weighted by Crippen LogP contribution is -2.48. The van der Waals surface area contributed by atoms with Crippen LogP contribution in [0.1, 0.15) is 41.3 Å². The molecule has 0 fully saturated rings. The minimum atomic E-state index is -0.627. The highest BCUT2D eigenvalue weighted by Gasteiger charge is 2.40. The first kappa shape index (κ1) is 18.8. The second-order valence-corrected chi connectivity index (χ2v) is 7.23. The number of carbonyl (C=O) groups excluding carboxylic acids is 2. The molecular formula is C21H17ClN4O3. The van der Waals surface area contributed by atoms with Gasteiger partial charge in [0.25, 0.3) is 0 Å². The molecule has 1 aromatic heterocycles. The molecule has 2 aliphatic rings. The topological polar surface area (TPSA) is 112 Å². The Balaban J connectivity index is 1.84. The van der Waals surface area contributed by atoms with E-state index in [0.717, 1.165) is 0 Å². The number of carbonyl (C=O) groups is 2. The molecule has 3 N–H and O–H groups in total. The Morgan fingerprint density at radius 3 is 2.83 bits per heavy atom. The fourth-order valence-electron chi connectivity index (χ4n) is 3.80. The van der Waals surface area contributed by atoms with Crippen molar-refractivity contribution in [3.8, 4) is 6.07 Å². The van der Waals surface area contributed by atoms with Crippen molar-refractivity contribution >= 4 is 23.3 Å². The van der Waals surface area contributed by atoms with Gasteiger partial charge in [0.1, 0.15) is 5.82 Å². The molecule has 2 aromatic rings. The maximum atomic E-state index is 12.9. The van der Waals surface area contributed by atoms with Gasteiger partial charge in [-0.25, -0.2) is 5.01 Å². The van der Waals surface area contributed by atoms with E-state index in [1.165, 1.54) is 17.3 Å². The van der Waals surface area contributed by atoms with Gasteiger partial charge in [0.05, 0.1) is 23.8 Å². The van der Waals surface area contributed by atoms with Crippen LogP contribution in [-0.4, -0.2) is 16.7 Å². The summed E-state index contributed by atoms with van der Waals surface area (Å²) in [6.45, 7) is 0. The molecule has 1 atom stereocenters. The number of hydrogen-bond acceptors (Lipinski definition) is 6. The van der Waals surface area contributed by atoms with Crippen molar-refractivity contribution in [2.24, 2.45) is 5.73 Å². The van der Waals surface area contributed by atoms with Crippen LogP contribution in [0.15, 0.2) is 69.7 Å². The summed E-state index contributed by atoms with van der Waals surface area (Å²) in [5.74, 6) is -1.06. The highest BCUT2D eigenvalue weighted by atomic mass is 35.5. The minimum Gasteiger partial charge on any atom is -0.459 e. The third-order valence-electron chi connectivity index (χ3n) is 5.05. The first-order chi connectivity index (χ1) is 14.0. The number of furan rings is 1. The molecule has 146 valence electrons. The predicted molar refractivity (Wildman–Crippen MR) is 105 cm³/mol. The summed E-state index contributed by atoms with van der Waals surface area (Å²) in [6, 6.07) is 12.3. The predicted octanol–water partition coefficient (Wildman–Crippen LogP) is 3.38. The van der Waals surface area contributed by atoms with E-state index in [4.69, 9.17) is 21.8 Å². The number of rotatable bonds is 3. The van der Waals surface area contributed by atoms with Gasteiger partial charge in [0, 0.05) is 22.7 Å². The maximum Gasteiger partial charge on any atom is 0.305 e. The first-order valence-electron chi connectivity index (χ1n) is 9.07. The minimum absolute atomic E-state index is 0.0748. The second-order valence-electron chi connectivity index (χ2n) is 6.79. The molecule has 0 bridgehead atoms. The Morgan fingerprint density at radius 2 is 2.14 bits per heavy atom. The summed E-state index contributed by atoms with van der Waals surface area (Å²) >= 11 is 6.15. The molecule has 8 heteroatoms. The lowest BCUT2D eigenvalue weighted by atomic mass is 9.76. The molecule has 7 nitrogen and oxygen atoms in total. The van der Waals surface area contributed by atoms with Crippen LogP contribution in [0, 0.1) is 11.3 Å². The zero-order chi connectivity index (χ0) is 20.5. The van der Waals surface area contributed by atoms with Crippen LogP contribution in [0.5, 0.6) is 0 Å². The van der Waals surface area contributed by atoms with Crippen molar-refractivity contribution < 1.29 is 14.0 Å². The van der Waals surface area contributed by atoms with Crippen LogP contribution in [0.2, 0.25) is 5.02 Å². The molecular weight excluding hydrogens is 392 g/mol. The van der Waals surface area contributed by atoms with E-state index >= 15 is 0 Å². The lowest BCUT2D eigenvalue weighted by molar-refractivity contribution is -0.116. The number of hydrogen-bond donors (Lipinski definition) is 2. The Morgan fingerprint density at radius 1 is 1.31 bits per heavy atom. The number of halogens is 1. The number of allylic oxidation sites excluding steroid dienone is 3. The SMILES string of the molecule is N#CC1=C(N)N(NC(=O)c2ccco2)C2=C(C(=O)CCC2)C1c1cccc(Cl)c1. The van der Waals surface area contributed by atoms with Gasteiger partial charge < -0.3 is 10.2 Å². The molecule has 1 unspecified atom stereocenters. The molecule has 2 heterocycles. The summed E-state index contributed by atoms with van der Waals surface area (Å²) in [5, 5.41) is 11.7. The van der Waals surface area contributed by atoms with E-state index in [0.29, 0.717) is 41.1 Å². The number of nitriles is 1. The van der Waals surface area contributed by atoms with Gasteiger partial charge >= 0.3 is 5.91 Å². The van der Waals surface area contributed by atoms with E-state index in [2.05, 4.69) is 11.5 Å². The number of nitrogens with one attached hydrogen (secondary N) is 1. The molecule has 4 rings (SSSR count). The fraction of sp³-hybridized carbons (Fsp3) is 0.190. The van der Waals surface area contributed by atoms with Crippen LogP contribution >= 0.6 is 11.6 Å². The normalized spacial score (nSPS) is 19.1. The zero-order valence-corrected chi connectivity index (χ0v) is 16.1. The fourth-order valence-corrected chi connectivity index (χ4v) is 4.00. The van der Waals surface area contributed by atoms with E-state index < -0.39 is 11.8 Å². The smallest absolute Gasteiger partial charge is 0.305 e. The summed E-state index contributed by atoms with van der Waals surface area (Å²) in [7, 11) is 0. The number of nitrogens with zero attached hydrogens (tertiary/aromatic N) is 2. The number of ketones is 1. The first-order valence-corrected chi connectivity index (χ1v) is 9.45. The van der Waals surface area contributed by atoms with Gasteiger partial charge in [-0.2, -0.15) is 5.26 Å². The van der Waals surface area contributed by atoms with E-state index in [1.54, 1.807) is 24.3 Å². The second kappa shape index (κ2) is 7.49. The van der Waals surface area contributed by atoms with Crippen molar-refractivity contribution in [3.63, 3.8) is 0 Å². The Hall–Kier alpha value is -3.50. The monoisotopic (exact) mass is 408 g/mol. The average molecular weight is 409 g/mol. The van der Waals surface area contributed by atoms with Gasteiger partial charge in [-0.15, -0.1) is 0 Å². The molecule has 0 saturated carbocycles. The van der Waals surface area contributed by atoms with Gasteiger partial charge in [-0.05, 0) is 42.7 Å². The van der Waals surface area contributed by atoms with E-state index in [-0.39, 0.29) is 22.9 Å². The summed E-state index contributed by atoms with van der Waals surface area (Å²) in [6.07, 6.45) is 2.92. The summed E-state index contributed by atoms with van der Waals surface area (Å²) < 4.78 is 5.13. The maximum absolute atomic E-state index is 12.9. The Kier molecular flexibility index (Phi) is 4.87. The number of hydrazine groups is 1. The van der Waals surface area contributed by atoms with E-state index in [1.807, 2.05) is 6.07 Å². The van der Waals surface area contributed by atoms with Gasteiger partial charge in [0.2, 0.25) is 0 Å². The highest BCUT2D eigenvalue weighted by Crippen LogP contribution is 2.44. The molecule has 1 aliphatic heterocycles. The largest absolute Gasteiger partial charge is 0.459 e. The lowest BCUT2D eigenvalue weighted by Gasteiger charge is -2.39. The summed E-state index contributed by atoms with van der Waals surface area (Å²) in [4.78, 5) is 25.4. The number of amides is 1. The highest BCUT2D eigenvalue weighted by molar-refractivity contribution is 6.30. The van der Waals surface area contributed by atoms with Crippen LogP contribution in [0.3, 0.4) is 0 Å². The van der Waals surface area contributed by atoms with Crippen LogP contribution in [0.4, 0.5) is 0 Å². The molecule has 0 radical (unpaired) electrons. The average Bonchev–Trinajstić information content (AvgIpc) is 3.25. The number of nitrogens with two attached hydrogens (primary N) is 1. The molecule has 1 aromatic carbocycles. The zero-order valence-electron chi connectivity index (χ0n) is 15.3. The third kappa shape index (κ3) is 3.28. The van der Waals surface area contributed by atoms with Gasteiger partial charge in [-0.3, -0.25) is 15.0 Å². The summed E-state index contributed by atoms with van der Waals surface area (Å²) in [5.41, 5.74) is 10.9. The van der Waals surface area contributed by atoms with Crippen LogP contribution in [-0.2, 0) is 4.79 Å². The van der Waals surface area contributed by atoms with Gasteiger partial charge in [-0.1, -0.05) is 23.7 Å². The standard InChI is InChI=1S/C21H17ClN4O3/c22-13-5-1-4-12(10-13)18-14(11-23)20(24)26(15-6-2-7-16(27)19(15)18)25-21(28)17-8-3-9-29-17/h1,3-5,8-10,18H,2,6-7,24H2,(H,25,28).